The van der Waals surface area contributed by atoms with Gasteiger partial charge < -0.3 is 15.0 Å². The van der Waals surface area contributed by atoms with Crippen molar-refractivity contribution in [2.24, 2.45) is 5.73 Å². The van der Waals surface area contributed by atoms with Gasteiger partial charge in [-0.05, 0) is 25.1 Å². The summed E-state index contributed by atoms with van der Waals surface area (Å²) in [6.45, 7) is 1.88. The Kier molecular flexibility index (Phi) is 4.53. The van der Waals surface area contributed by atoms with Gasteiger partial charge in [0, 0.05) is 5.56 Å². The molecular formula is C14H14N4O3. The minimum absolute atomic E-state index is 0.0444. The molecule has 7 nitrogen and oxygen atoms in total. The standard InChI is InChI=1S/C14H14N4O3/c1-9-16-14(21-18-9)17-13(19)11-5-6-12(20-2)10(8-11)4-3-7-15/h5-6,8H,7,15H2,1-2H3,(H,16,17,18,19). The second kappa shape index (κ2) is 6.54. The highest BCUT2D eigenvalue weighted by atomic mass is 16.5. The number of aromatic nitrogens is 2. The molecule has 0 saturated carbocycles. The van der Waals surface area contributed by atoms with Crippen LogP contribution in [-0.2, 0) is 0 Å². The molecule has 0 aliphatic carbocycles. The number of hydrogen-bond acceptors (Lipinski definition) is 6. The fourth-order valence-electron chi connectivity index (χ4n) is 1.61. The number of rotatable bonds is 3. The van der Waals surface area contributed by atoms with Crippen molar-refractivity contribution < 1.29 is 14.1 Å². The Balaban J connectivity index is 2.24. The zero-order valence-electron chi connectivity index (χ0n) is 11.6. The predicted molar refractivity (Wildman–Crippen MR) is 75.9 cm³/mol. The number of hydrogen-bond donors (Lipinski definition) is 2. The largest absolute Gasteiger partial charge is 0.495 e. The molecule has 0 aliphatic rings. The van der Waals surface area contributed by atoms with Gasteiger partial charge in [-0.1, -0.05) is 17.0 Å². The third-order valence-electron chi connectivity index (χ3n) is 2.53. The van der Waals surface area contributed by atoms with Crippen LogP contribution in [-0.4, -0.2) is 29.7 Å². The molecule has 0 spiro atoms. The summed E-state index contributed by atoms with van der Waals surface area (Å²) in [6.07, 6.45) is 0. The molecule has 0 radical (unpaired) electrons. The Bertz CT molecular complexity index is 712. The fourth-order valence-corrected chi connectivity index (χ4v) is 1.61. The lowest BCUT2D eigenvalue weighted by molar-refractivity contribution is 0.102. The summed E-state index contributed by atoms with van der Waals surface area (Å²) in [4.78, 5) is 16.0. The minimum atomic E-state index is -0.378. The first-order chi connectivity index (χ1) is 10.1. The molecule has 0 saturated heterocycles. The van der Waals surface area contributed by atoms with E-state index in [1.54, 1.807) is 25.1 Å². The van der Waals surface area contributed by atoms with E-state index in [4.69, 9.17) is 15.0 Å². The summed E-state index contributed by atoms with van der Waals surface area (Å²) in [5.74, 6) is 6.21. The summed E-state index contributed by atoms with van der Waals surface area (Å²) in [6, 6.07) is 4.93. The average molecular weight is 286 g/mol. The van der Waals surface area contributed by atoms with Gasteiger partial charge in [-0.2, -0.15) is 4.98 Å². The van der Waals surface area contributed by atoms with E-state index < -0.39 is 0 Å². The SMILES string of the molecule is COc1ccc(C(=O)Nc2nc(C)no2)cc1C#CCN. The normalized spacial score (nSPS) is 9.67. The third kappa shape index (κ3) is 3.58. The number of amides is 1. The Morgan fingerprint density at radius 1 is 1.52 bits per heavy atom. The quantitative estimate of drug-likeness (QED) is 0.814. The van der Waals surface area contributed by atoms with E-state index in [-0.39, 0.29) is 18.5 Å². The molecule has 1 aromatic heterocycles. The first kappa shape index (κ1) is 14.6. The lowest BCUT2D eigenvalue weighted by Crippen LogP contribution is -2.12. The van der Waals surface area contributed by atoms with E-state index in [1.807, 2.05) is 0 Å². The molecule has 0 aliphatic heterocycles. The maximum absolute atomic E-state index is 12.1. The smallest absolute Gasteiger partial charge is 0.328 e. The molecule has 0 atom stereocenters. The molecule has 2 rings (SSSR count). The number of anilines is 1. The minimum Gasteiger partial charge on any atom is -0.495 e. The summed E-state index contributed by atoms with van der Waals surface area (Å²) in [7, 11) is 1.53. The number of benzene rings is 1. The van der Waals surface area contributed by atoms with Crippen LogP contribution in [0.15, 0.2) is 22.7 Å². The van der Waals surface area contributed by atoms with E-state index in [2.05, 4.69) is 27.3 Å². The van der Waals surface area contributed by atoms with Crippen molar-refractivity contribution in [3.63, 3.8) is 0 Å². The predicted octanol–water partition coefficient (Wildman–Crippen LogP) is 0.949. The number of nitrogens with zero attached hydrogens (tertiary/aromatic N) is 2. The number of carbonyl (C=O) groups excluding carboxylic acids is 1. The van der Waals surface area contributed by atoms with E-state index >= 15 is 0 Å². The molecule has 7 heteroatoms. The van der Waals surface area contributed by atoms with Gasteiger partial charge in [0.25, 0.3) is 5.91 Å². The van der Waals surface area contributed by atoms with Crippen LogP contribution in [0.2, 0.25) is 0 Å². The van der Waals surface area contributed by atoms with Crippen LogP contribution in [0.5, 0.6) is 5.75 Å². The van der Waals surface area contributed by atoms with Crippen molar-refractivity contribution in [2.45, 2.75) is 6.92 Å². The number of methoxy groups -OCH3 is 1. The monoisotopic (exact) mass is 286 g/mol. The number of aryl methyl sites for hydroxylation is 1. The first-order valence-corrected chi connectivity index (χ1v) is 6.12. The van der Waals surface area contributed by atoms with Crippen LogP contribution in [0, 0.1) is 18.8 Å². The molecule has 0 unspecified atom stereocenters. The number of ether oxygens (including phenoxy) is 1. The van der Waals surface area contributed by atoms with Crippen LogP contribution in [0.4, 0.5) is 6.01 Å². The number of nitrogens with one attached hydrogen (secondary N) is 1. The zero-order chi connectivity index (χ0) is 15.2. The Morgan fingerprint density at radius 2 is 2.33 bits per heavy atom. The van der Waals surface area contributed by atoms with Crippen molar-refractivity contribution >= 4 is 11.9 Å². The molecule has 1 amide bonds. The zero-order valence-corrected chi connectivity index (χ0v) is 11.6. The van der Waals surface area contributed by atoms with Crippen LogP contribution < -0.4 is 15.8 Å². The highest BCUT2D eigenvalue weighted by molar-refractivity contribution is 6.03. The molecule has 0 fully saturated rings. The molecule has 1 heterocycles. The summed E-state index contributed by atoms with van der Waals surface area (Å²) >= 11 is 0. The van der Waals surface area contributed by atoms with Gasteiger partial charge in [0.1, 0.15) is 5.75 Å². The Morgan fingerprint density at radius 3 is 2.95 bits per heavy atom. The van der Waals surface area contributed by atoms with Crippen LogP contribution in [0.3, 0.4) is 0 Å². The molecule has 3 N–H and O–H groups in total. The van der Waals surface area contributed by atoms with Crippen molar-refractivity contribution in [1.82, 2.24) is 10.1 Å². The van der Waals surface area contributed by atoms with Crippen molar-refractivity contribution in [1.29, 1.82) is 0 Å². The Labute approximate surface area is 121 Å². The van der Waals surface area contributed by atoms with E-state index in [0.29, 0.717) is 22.7 Å². The van der Waals surface area contributed by atoms with Gasteiger partial charge in [0.2, 0.25) is 0 Å². The van der Waals surface area contributed by atoms with Crippen LogP contribution in [0.1, 0.15) is 21.7 Å². The topological polar surface area (TPSA) is 103 Å². The van der Waals surface area contributed by atoms with Crippen molar-refractivity contribution in [2.75, 3.05) is 19.0 Å². The fraction of sp³-hybridized carbons (Fsp3) is 0.214. The molecule has 108 valence electrons. The summed E-state index contributed by atoms with van der Waals surface area (Å²) < 4.78 is 10.0. The lowest BCUT2D eigenvalue weighted by Gasteiger charge is -2.06. The van der Waals surface area contributed by atoms with Gasteiger partial charge in [0.15, 0.2) is 5.82 Å². The summed E-state index contributed by atoms with van der Waals surface area (Å²) in [5.41, 5.74) is 6.33. The van der Waals surface area contributed by atoms with Crippen molar-refractivity contribution in [3.05, 3.63) is 35.2 Å². The van der Waals surface area contributed by atoms with E-state index in [1.165, 1.54) is 7.11 Å². The van der Waals surface area contributed by atoms with Crippen LogP contribution >= 0.6 is 0 Å². The van der Waals surface area contributed by atoms with Gasteiger partial charge >= 0.3 is 6.01 Å². The second-order valence-electron chi connectivity index (χ2n) is 4.02. The first-order valence-electron chi connectivity index (χ1n) is 6.12. The molecule has 1 aromatic carbocycles. The van der Waals surface area contributed by atoms with Gasteiger partial charge in [-0.25, -0.2) is 0 Å². The highest BCUT2D eigenvalue weighted by Crippen LogP contribution is 2.19. The highest BCUT2D eigenvalue weighted by Gasteiger charge is 2.12. The lowest BCUT2D eigenvalue weighted by atomic mass is 10.1. The van der Waals surface area contributed by atoms with E-state index in [0.717, 1.165) is 0 Å². The molecule has 0 bridgehead atoms. The molecule has 2 aromatic rings. The summed E-state index contributed by atoms with van der Waals surface area (Å²) in [5, 5.41) is 6.10. The third-order valence-corrected chi connectivity index (χ3v) is 2.53. The molecular weight excluding hydrogens is 272 g/mol. The maximum atomic E-state index is 12.1. The van der Waals surface area contributed by atoms with Crippen molar-refractivity contribution in [3.8, 4) is 17.6 Å². The second-order valence-corrected chi connectivity index (χ2v) is 4.02. The number of carbonyl (C=O) groups is 1. The maximum Gasteiger partial charge on any atom is 0.328 e. The van der Waals surface area contributed by atoms with E-state index in [9.17, 15) is 4.79 Å². The average Bonchev–Trinajstić information content (AvgIpc) is 2.89. The number of nitrogens with two attached hydrogens (primary N) is 1. The molecule has 21 heavy (non-hydrogen) atoms. The van der Waals surface area contributed by atoms with Gasteiger partial charge in [-0.15, -0.1) is 0 Å². The van der Waals surface area contributed by atoms with Gasteiger partial charge in [-0.3, -0.25) is 10.1 Å². The van der Waals surface area contributed by atoms with Crippen LogP contribution in [0.25, 0.3) is 0 Å². The Hall–Kier alpha value is -2.85. The van der Waals surface area contributed by atoms with Gasteiger partial charge in [0.05, 0.1) is 19.2 Å².